The van der Waals surface area contributed by atoms with Crippen molar-refractivity contribution in [1.82, 2.24) is 15.2 Å². The molecule has 0 fully saturated rings. The molecule has 3 aromatic rings. The van der Waals surface area contributed by atoms with Gasteiger partial charge in [-0.05, 0) is 29.8 Å². The Morgan fingerprint density at radius 3 is 2.75 bits per heavy atom. The van der Waals surface area contributed by atoms with Gasteiger partial charge in [0.2, 0.25) is 5.88 Å². The highest BCUT2D eigenvalue weighted by Gasteiger charge is 2.12. The molecule has 5 nitrogen and oxygen atoms in total. The number of rotatable bonds is 3. The lowest BCUT2D eigenvalue weighted by Crippen LogP contribution is -2.14. The maximum atomic E-state index is 6.24. The molecule has 1 aromatic carbocycles. The van der Waals surface area contributed by atoms with Gasteiger partial charge in [0, 0.05) is 17.6 Å². The van der Waals surface area contributed by atoms with Crippen molar-refractivity contribution in [1.29, 1.82) is 0 Å². The van der Waals surface area contributed by atoms with Gasteiger partial charge in [0.1, 0.15) is 0 Å². The molecule has 0 amide bonds. The first-order chi connectivity index (χ1) is 9.78. The molecular weight excluding hydrogens is 252 g/mol. The lowest BCUT2D eigenvalue weighted by atomic mass is 10.0. The van der Waals surface area contributed by atoms with Crippen LogP contribution < -0.4 is 10.5 Å². The second-order valence-corrected chi connectivity index (χ2v) is 4.43. The van der Waals surface area contributed by atoms with Crippen LogP contribution in [0, 0.1) is 0 Å². The van der Waals surface area contributed by atoms with Gasteiger partial charge < -0.3 is 10.5 Å². The van der Waals surface area contributed by atoms with E-state index in [0.29, 0.717) is 11.6 Å². The second-order valence-electron chi connectivity index (χ2n) is 4.43. The van der Waals surface area contributed by atoms with Gasteiger partial charge >= 0.3 is 0 Å². The predicted octanol–water partition coefficient (Wildman–Crippen LogP) is 2.08. The van der Waals surface area contributed by atoms with E-state index in [2.05, 4.69) is 15.2 Å². The number of hydrogen-bond acceptors (Lipinski definition) is 5. The van der Waals surface area contributed by atoms with E-state index in [0.717, 1.165) is 16.5 Å². The number of fused-ring (bicyclic) bond motifs is 1. The summed E-state index contributed by atoms with van der Waals surface area (Å²) in [5, 5.41) is 9.09. The van der Waals surface area contributed by atoms with Crippen molar-refractivity contribution in [2.75, 3.05) is 7.11 Å². The molecule has 1 unspecified atom stereocenters. The van der Waals surface area contributed by atoms with Crippen LogP contribution in [0.2, 0.25) is 0 Å². The Labute approximate surface area is 116 Å². The van der Waals surface area contributed by atoms with Crippen molar-refractivity contribution in [3.8, 4) is 5.88 Å². The van der Waals surface area contributed by atoms with Gasteiger partial charge in [0.05, 0.1) is 24.4 Å². The average Bonchev–Trinajstić information content (AvgIpc) is 2.54. The van der Waals surface area contributed by atoms with Crippen molar-refractivity contribution in [3.63, 3.8) is 0 Å². The van der Waals surface area contributed by atoms with Gasteiger partial charge in [0.15, 0.2) is 0 Å². The fourth-order valence-electron chi connectivity index (χ4n) is 2.06. The number of benzene rings is 1. The molecule has 1 atom stereocenters. The summed E-state index contributed by atoms with van der Waals surface area (Å²) in [4.78, 5) is 4.29. The number of nitrogens with two attached hydrogens (primary N) is 1. The highest BCUT2D eigenvalue weighted by Crippen LogP contribution is 2.22. The van der Waals surface area contributed by atoms with E-state index in [1.807, 2.05) is 36.4 Å². The van der Waals surface area contributed by atoms with E-state index >= 15 is 0 Å². The van der Waals surface area contributed by atoms with Crippen LogP contribution >= 0.6 is 0 Å². The summed E-state index contributed by atoms with van der Waals surface area (Å²) in [6.45, 7) is 0. The summed E-state index contributed by atoms with van der Waals surface area (Å²) in [7, 11) is 1.56. The van der Waals surface area contributed by atoms with E-state index < -0.39 is 0 Å². The normalized spacial score (nSPS) is 12.3. The summed E-state index contributed by atoms with van der Waals surface area (Å²) in [5.41, 5.74) is 8.86. The Bertz CT molecular complexity index is 727. The van der Waals surface area contributed by atoms with Gasteiger partial charge in [-0.3, -0.25) is 4.98 Å². The third kappa shape index (κ3) is 2.31. The maximum Gasteiger partial charge on any atom is 0.233 e. The van der Waals surface area contributed by atoms with E-state index in [-0.39, 0.29) is 6.04 Å². The smallest absolute Gasteiger partial charge is 0.233 e. The minimum atomic E-state index is -0.321. The molecule has 0 bridgehead atoms. The molecule has 3 rings (SSSR count). The summed E-state index contributed by atoms with van der Waals surface area (Å²) in [5.74, 6) is 0.476. The Morgan fingerprint density at radius 2 is 2.00 bits per heavy atom. The zero-order chi connectivity index (χ0) is 13.9. The van der Waals surface area contributed by atoms with Crippen LogP contribution in [0.5, 0.6) is 5.88 Å². The van der Waals surface area contributed by atoms with Crippen LogP contribution in [0.3, 0.4) is 0 Å². The Morgan fingerprint density at radius 1 is 1.10 bits per heavy atom. The summed E-state index contributed by atoms with van der Waals surface area (Å²) in [6.07, 6.45) is 1.77. The Balaban J connectivity index is 1.96. The average molecular weight is 266 g/mol. The molecular formula is C15H14N4O. The van der Waals surface area contributed by atoms with Crippen molar-refractivity contribution in [2.24, 2.45) is 5.73 Å². The number of nitrogens with zero attached hydrogens (tertiary/aromatic N) is 3. The van der Waals surface area contributed by atoms with Crippen LogP contribution in [0.15, 0.2) is 48.7 Å². The molecule has 0 aliphatic heterocycles. The third-order valence-electron chi connectivity index (χ3n) is 3.17. The molecule has 2 aromatic heterocycles. The summed E-state index contributed by atoms with van der Waals surface area (Å²) in [6, 6.07) is 13.1. The molecule has 0 saturated heterocycles. The topological polar surface area (TPSA) is 73.9 Å². The van der Waals surface area contributed by atoms with Crippen LogP contribution in [-0.2, 0) is 0 Å². The standard InChI is InChI=1S/C15H14N4O/c1-20-14-7-6-13(18-19-14)15(16)11-4-5-12-10(9-11)3-2-8-17-12/h2-9,15H,16H2,1H3. The maximum absolute atomic E-state index is 6.24. The molecule has 100 valence electrons. The van der Waals surface area contributed by atoms with Gasteiger partial charge in [0.25, 0.3) is 0 Å². The van der Waals surface area contributed by atoms with Crippen molar-refractivity contribution < 1.29 is 4.74 Å². The highest BCUT2D eigenvalue weighted by molar-refractivity contribution is 5.79. The molecule has 20 heavy (non-hydrogen) atoms. The molecule has 5 heteroatoms. The molecule has 2 N–H and O–H groups in total. The molecule has 0 saturated carbocycles. The third-order valence-corrected chi connectivity index (χ3v) is 3.17. The molecule has 2 heterocycles. The van der Waals surface area contributed by atoms with Crippen molar-refractivity contribution in [3.05, 3.63) is 59.9 Å². The quantitative estimate of drug-likeness (QED) is 0.785. The van der Waals surface area contributed by atoms with Gasteiger partial charge in [-0.15, -0.1) is 10.2 Å². The highest BCUT2D eigenvalue weighted by atomic mass is 16.5. The van der Waals surface area contributed by atoms with Crippen LogP contribution in [0.25, 0.3) is 10.9 Å². The zero-order valence-corrected chi connectivity index (χ0v) is 11.0. The number of methoxy groups -OCH3 is 1. The molecule has 0 aliphatic carbocycles. The Hall–Kier alpha value is -2.53. The fraction of sp³-hybridized carbons (Fsp3) is 0.133. The number of ether oxygens (including phenoxy) is 1. The Kier molecular flexibility index (Phi) is 3.26. The van der Waals surface area contributed by atoms with E-state index in [1.54, 1.807) is 19.4 Å². The summed E-state index contributed by atoms with van der Waals surface area (Å²) >= 11 is 0. The van der Waals surface area contributed by atoms with Crippen molar-refractivity contribution >= 4 is 10.9 Å². The van der Waals surface area contributed by atoms with Crippen LogP contribution in [0.4, 0.5) is 0 Å². The second kappa shape index (κ2) is 5.22. The van der Waals surface area contributed by atoms with Crippen LogP contribution in [-0.4, -0.2) is 22.3 Å². The minimum absolute atomic E-state index is 0.321. The van der Waals surface area contributed by atoms with Gasteiger partial charge in [-0.1, -0.05) is 12.1 Å². The lowest BCUT2D eigenvalue weighted by Gasteiger charge is -2.12. The first kappa shape index (κ1) is 12.5. The lowest BCUT2D eigenvalue weighted by molar-refractivity contribution is 0.390. The first-order valence-corrected chi connectivity index (χ1v) is 6.26. The number of aromatic nitrogens is 3. The number of pyridine rings is 1. The van der Waals surface area contributed by atoms with E-state index in [1.165, 1.54) is 0 Å². The van der Waals surface area contributed by atoms with Gasteiger partial charge in [-0.2, -0.15) is 0 Å². The monoisotopic (exact) mass is 266 g/mol. The molecule has 0 aliphatic rings. The van der Waals surface area contributed by atoms with E-state index in [9.17, 15) is 0 Å². The number of hydrogen-bond donors (Lipinski definition) is 1. The predicted molar refractivity (Wildman–Crippen MR) is 76.4 cm³/mol. The minimum Gasteiger partial charge on any atom is -0.480 e. The van der Waals surface area contributed by atoms with Crippen LogP contribution in [0.1, 0.15) is 17.3 Å². The summed E-state index contributed by atoms with van der Waals surface area (Å²) < 4.78 is 4.99. The van der Waals surface area contributed by atoms with Gasteiger partial charge in [-0.25, -0.2) is 0 Å². The largest absolute Gasteiger partial charge is 0.480 e. The zero-order valence-electron chi connectivity index (χ0n) is 11.0. The molecule has 0 spiro atoms. The fourth-order valence-corrected chi connectivity index (χ4v) is 2.06. The SMILES string of the molecule is COc1ccc(C(N)c2ccc3ncccc3c2)nn1. The first-order valence-electron chi connectivity index (χ1n) is 6.26. The molecule has 0 radical (unpaired) electrons. The van der Waals surface area contributed by atoms with E-state index in [4.69, 9.17) is 10.5 Å². The van der Waals surface area contributed by atoms with Crippen molar-refractivity contribution in [2.45, 2.75) is 6.04 Å².